The molecule has 0 aliphatic heterocycles. The van der Waals surface area contributed by atoms with Crippen molar-refractivity contribution in [2.24, 2.45) is 31.7 Å². The van der Waals surface area contributed by atoms with Crippen molar-refractivity contribution in [2.45, 2.75) is 92.8 Å². The second-order valence-electron chi connectivity index (χ2n) is 16.7. The van der Waals surface area contributed by atoms with Crippen LogP contribution in [0.15, 0.2) is 70.5 Å². The van der Waals surface area contributed by atoms with E-state index in [0.29, 0.717) is 41.6 Å². The number of pyridine rings is 4. The van der Waals surface area contributed by atoms with Crippen LogP contribution in [0.4, 0.5) is 4.79 Å². The number of amides is 1. The molecule has 6 aromatic rings. The largest absolute Gasteiger partial charge is 0.492 e. The van der Waals surface area contributed by atoms with E-state index in [2.05, 4.69) is 43.0 Å². The Labute approximate surface area is 334 Å². The monoisotopic (exact) mass is 778 g/mol. The van der Waals surface area contributed by atoms with E-state index in [4.69, 9.17) is 19.9 Å². The van der Waals surface area contributed by atoms with Gasteiger partial charge in [-0.15, -0.1) is 0 Å². The van der Waals surface area contributed by atoms with Crippen LogP contribution in [0.3, 0.4) is 0 Å². The maximum Gasteiger partial charge on any atom is 0.407 e. The first-order valence-electron chi connectivity index (χ1n) is 19.6. The van der Waals surface area contributed by atoms with E-state index in [0.717, 1.165) is 62.6 Å². The van der Waals surface area contributed by atoms with Crippen molar-refractivity contribution in [3.05, 3.63) is 93.0 Å². The number of nitrogens with zero attached hydrogens (tertiary/aromatic N) is 4. The molecule has 0 fully saturated rings. The molecule has 0 radical (unpaired) electrons. The van der Waals surface area contributed by atoms with Gasteiger partial charge in [0.25, 0.3) is 11.1 Å². The minimum Gasteiger partial charge on any atom is -0.492 e. The van der Waals surface area contributed by atoms with Crippen LogP contribution in [0, 0.1) is 25.7 Å². The van der Waals surface area contributed by atoms with E-state index < -0.39 is 11.7 Å². The standard InChI is InChI=1S/C25H33N3O4.C20H25N3O2/c1-15(2)12-17(27-24(30)32-25(4,5)6)14-31-18-8-9-19-20-10-11-26-16(3)22(20)23(29)28(7)21(19)13-18;1-12(2)9-14(21)11-25-15-5-6-16-17-7-8-22-13(3)19(17)20(24)23(4)18(16)10-15/h8-11,13,15,17H,12,14H2,1-7H3,(H,27,30);5-8,10,12,14H,9,11,21H2,1-4H3/t17-;14-/m11/s1. The number of carbonyl (C=O) groups is 1. The lowest BCUT2D eigenvalue weighted by Crippen LogP contribution is -2.42. The zero-order chi connectivity index (χ0) is 41.8. The van der Waals surface area contributed by atoms with Crippen LogP contribution in [0.1, 0.15) is 72.7 Å². The third kappa shape index (κ3) is 10.3. The Morgan fingerprint density at radius 2 is 1.18 bits per heavy atom. The zero-order valence-corrected chi connectivity index (χ0v) is 35.2. The quantitative estimate of drug-likeness (QED) is 0.125. The second-order valence-corrected chi connectivity index (χ2v) is 16.7. The summed E-state index contributed by atoms with van der Waals surface area (Å²) in [5, 5.41) is 8.00. The highest BCUT2D eigenvalue weighted by molar-refractivity contribution is 6.07. The van der Waals surface area contributed by atoms with Crippen LogP contribution in [0.5, 0.6) is 11.5 Å². The van der Waals surface area contributed by atoms with Gasteiger partial charge in [-0.2, -0.15) is 0 Å². The molecule has 2 aromatic carbocycles. The van der Waals surface area contributed by atoms with Gasteiger partial charge in [0.1, 0.15) is 30.3 Å². The third-order valence-electron chi connectivity index (χ3n) is 9.73. The number of hydrogen-bond donors (Lipinski definition) is 2. The lowest BCUT2D eigenvalue weighted by atomic mass is 10.0. The fourth-order valence-electron chi connectivity index (χ4n) is 7.17. The van der Waals surface area contributed by atoms with Crippen molar-refractivity contribution < 1.29 is 19.0 Å². The number of nitrogens with one attached hydrogen (secondary N) is 1. The average Bonchev–Trinajstić information content (AvgIpc) is 3.13. The molecule has 6 rings (SSSR count). The fraction of sp³-hybridized carbons (Fsp3) is 0.444. The summed E-state index contributed by atoms with van der Waals surface area (Å²) in [6, 6.07) is 15.1. The van der Waals surface area contributed by atoms with E-state index in [9.17, 15) is 14.4 Å². The van der Waals surface area contributed by atoms with Gasteiger partial charge in [0.15, 0.2) is 0 Å². The predicted octanol–water partition coefficient (Wildman–Crippen LogP) is 7.86. The van der Waals surface area contributed by atoms with Crippen LogP contribution >= 0.6 is 0 Å². The molecule has 0 bridgehead atoms. The molecule has 12 heteroatoms. The molecule has 3 N–H and O–H groups in total. The SMILES string of the molecule is Cc1nccc2c1c(=O)n(C)c1cc(OC[C@@H](CC(C)C)NC(=O)OC(C)(C)C)ccc21.Cc1nccc2c1c(=O)n(C)c1cc(OC[C@H](N)CC(C)C)ccc21. The minimum absolute atomic E-state index is 0.00449. The molecule has 0 aliphatic rings. The summed E-state index contributed by atoms with van der Waals surface area (Å²) in [6.45, 7) is 18.5. The zero-order valence-electron chi connectivity index (χ0n) is 35.2. The molecule has 4 heterocycles. The molecule has 0 spiro atoms. The molecular formula is C45H58N6O6. The Morgan fingerprint density at radius 1 is 0.719 bits per heavy atom. The minimum atomic E-state index is -0.562. The lowest BCUT2D eigenvalue weighted by Gasteiger charge is -2.25. The molecule has 0 unspecified atom stereocenters. The van der Waals surface area contributed by atoms with Gasteiger partial charge in [0, 0.05) is 55.4 Å². The van der Waals surface area contributed by atoms with E-state index in [1.165, 1.54) is 0 Å². The highest BCUT2D eigenvalue weighted by Crippen LogP contribution is 2.28. The fourth-order valence-corrected chi connectivity index (χ4v) is 7.17. The van der Waals surface area contributed by atoms with Gasteiger partial charge in [-0.1, -0.05) is 27.7 Å². The molecule has 57 heavy (non-hydrogen) atoms. The maximum absolute atomic E-state index is 12.9. The Bertz CT molecular complexity index is 2520. The molecule has 12 nitrogen and oxygen atoms in total. The summed E-state index contributed by atoms with van der Waals surface area (Å²) in [4.78, 5) is 46.4. The molecule has 1 amide bonds. The van der Waals surface area contributed by atoms with Crippen LogP contribution in [-0.2, 0) is 18.8 Å². The number of ether oxygens (including phenoxy) is 3. The molecule has 0 aliphatic carbocycles. The van der Waals surface area contributed by atoms with Gasteiger partial charge < -0.3 is 34.4 Å². The molecular weight excluding hydrogens is 721 g/mol. The molecule has 4 aromatic heterocycles. The van der Waals surface area contributed by atoms with Crippen molar-refractivity contribution in [3.63, 3.8) is 0 Å². The average molecular weight is 779 g/mol. The number of aromatic nitrogens is 4. The normalized spacial score (nSPS) is 12.9. The van der Waals surface area contributed by atoms with Crippen molar-refractivity contribution in [3.8, 4) is 11.5 Å². The van der Waals surface area contributed by atoms with Crippen LogP contribution in [0.2, 0.25) is 0 Å². The first-order chi connectivity index (χ1) is 26.8. The summed E-state index contributed by atoms with van der Waals surface area (Å²) in [6.07, 6.45) is 4.68. The molecule has 2 atom stereocenters. The van der Waals surface area contributed by atoms with Gasteiger partial charge in [-0.05, 0) is 106 Å². The van der Waals surface area contributed by atoms with Gasteiger partial charge in [0.05, 0.1) is 39.2 Å². The number of alkyl carbamates (subject to hydrolysis) is 1. The maximum atomic E-state index is 12.9. The lowest BCUT2D eigenvalue weighted by molar-refractivity contribution is 0.0480. The van der Waals surface area contributed by atoms with E-state index in [1.807, 2.05) is 83.1 Å². The van der Waals surface area contributed by atoms with Crippen molar-refractivity contribution >= 4 is 49.4 Å². The van der Waals surface area contributed by atoms with Crippen molar-refractivity contribution in [2.75, 3.05) is 13.2 Å². The summed E-state index contributed by atoms with van der Waals surface area (Å²) < 4.78 is 20.6. The summed E-state index contributed by atoms with van der Waals surface area (Å²) in [5.41, 5.74) is 8.50. The molecule has 0 saturated carbocycles. The Hall–Kier alpha value is -5.49. The summed E-state index contributed by atoms with van der Waals surface area (Å²) in [5.74, 6) is 2.28. The van der Waals surface area contributed by atoms with E-state index in [1.54, 1.807) is 35.6 Å². The summed E-state index contributed by atoms with van der Waals surface area (Å²) in [7, 11) is 3.54. The number of nitrogens with two attached hydrogens (primary N) is 1. The molecule has 0 saturated heterocycles. The third-order valence-corrected chi connectivity index (χ3v) is 9.73. The summed E-state index contributed by atoms with van der Waals surface area (Å²) >= 11 is 0. The Balaban J connectivity index is 0.000000224. The van der Waals surface area contributed by atoms with E-state index in [-0.39, 0.29) is 23.2 Å². The van der Waals surface area contributed by atoms with Gasteiger partial charge in [-0.3, -0.25) is 19.6 Å². The highest BCUT2D eigenvalue weighted by atomic mass is 16.6. The molecule has 304 valence electrons. The number of fused-ring (bicyclic) bond motifs is 6. The van der Waals surface area contributed by atoms with Gasteiger partial charge in [0.2, 0.25) is 0 Å². The number of aryl methyl sites for hydroxylation is 4. The number of benzene rings is 2. The topological polar surface area (TPSA) is 153 Å². The van der Waals surface area contributed by atoms with Crippen LogP contribution in [-0.4, -0.2) is 56.1 Å². The highest BCUT2D eigenvalue weighted by Gasteiger charge is 2.21. The van der Waals surface area contributed by atoms with Crippen LogP contribution in [0.25, 0.3) is 43.4 Å². The Morgan fingerprint density at radius 3 is 1.61 bits per heavy atom. The second kappa shape index (κ2) is 17.8. The van der Waals surface area contributed by atoms with Gasteiger partial charge >= 0.3 is 6.09 Å². The van der Waals surface area contributed by atoms with Crippen molar-refractivity contribution in [1.82, 2.24) is 24.4 Å². The number of carbonyl (C=O) groups excluding carboxylic acids is 1. The van der Waals surface area contributed by atoms with E-state index >= 15 is 0 Å². The smallest absolute Gasteiger partial charge is 0.407 e. The predicted molar refractivity (Wildman–Crippen MR) is 229 cm³/mol. The first kappa shape index (κ1) is 42.6. The van der Waals surface area contributed by atoms with Gasteiger partial charge in [-0.25, -0.2) is 4.79 Å². The van der Waals surface area contributed by atoms with Crippen LogP contribution < -0.4 is 31.6 Å². The number of rotatable bonds is 11. The van der Waals surface area contributed by atoms with Crippen molar-refractivity contribution in [1.29, 1.82) is 0 Å². The first-order valence-corrected chi connectivity index (χ1v) is 19.6. The number of hydrogen-bond acceptors (Lipinski definition) is 9. The Kier molecular flexibility index (Phi) is 13.3.